The zero-order valence-electron chi connectivity index (χ0n) is 8.04. The number of allylic oxidation sites excluding steroid dienone is 1. The van der Waals surface area contributed by atoms with Crippen molar-refractivity contribution in [3.05, 3.63) is 49.6 Å². The zero-order chi connectivity index (χ0) is 11.4. The van der Waals surface area contributed by atoms with Gasteiger partial charge in [0, 0.05) is 28.1 Å². The Labute approximate surface area is 97.5 Å². The highest BCUT2D eigenvalue weighted by atomic mass is 35.5. The lowest BCUT2D eigenvalue weighted by atomic mass is 10.2. The van der Waals surface area contributed by atoms with Crippen LogP contribution < -0.4 is 0 Å². The number of nitrogens with zero attached hydrogens (tertiary/aromatic N) is 1. The Kier molecular flexibility index (Phi) is 4.12. The molecule has 0 bridgehead atoms. The summed E-state index contributed by atoms with van der Waals surface area (Å²) in [5, 5.41) is 11.5. The first-order valence-electron chi connectivity index (χ1n) is 4.34. The van der Waals surface area contributed by atoms with E-state index in [2.05, 4.69) is 0 Å². The van der Waals surface area contributed by atoms with Crippen LogP contribution in [0.2, 0.25) is 10.0 Å². The summed E-state index contributed by atoms with van der Waals surface area (Å²) in [6.07, 6.45) is 1.78. The number of hydrogen-bond acceptors (Lipinski definition) is 2. The molecule has 0 spiro atoms. The third kappa shape index (κ3) is 3.22. The van der Waals surface area contributed by atoms with Gasteiger partial charge < -0.3 is 0 Å². The fraction of sp³-hybridized carbons (Fsp3) is 0.200. The Morgan fingerprint density at radius 3 is 2.73 bits per heavy atom. The largest absolute Gasteiger partial charge is 0.259 e. The molecule has 5 heteroatoms. The fourth-order valence-electron chi connectivity index (χ4n) is 1.09. The standard InChI is InChI=1S/C10H9Cl2NO2/c1-2-9(13(14)15)6-7-5-8(11)3-4-10(7)12/h3-6H,2H2,1H3/b9-6-. The van der Waals surface area contributed by atoms with E-state index in [4.69, 9.17) is 23.2 Å². The number of nitro groups is 1. The van der Waals surface area contributed by atoms with E-state index in [1.165, 1.54) is 6.08 Å². The lowest BCUT2D eigenvalue weighted by molar-refractivity contribution is -0.425. The summed E-state index contributed by atoms with van der Waals surface area (Å²) in [7, 11) is 0. The molecule has 1 aromatic carbocycles. The highest BCUT2D eigenvalue weighted by Crippen LogP contribution is 2.23. The Balaban J connectivity index is 3.16. The van der Waals surface area contributed by atoms with Crippen LogP contribution in [-0.2, 0) is 0 Å². The van der Waals surface area contributed by atoms with Crippen LogP contribution in [0.25, 0.3) is 6.08 Å². The highest BCUT2D eigenvalue weighted by molar-refractivity contribution is 6.34. The molecule has 0 N–H and O–H groups in total. The van der Waals surface area contributed by atoms with Crippen molar-refractivity contribution in [1.82, 2.24) is 0 Å². The maximum atomic E-state index is 10.6. The third-order valence-corrected chi connectivity index (χ3v) is 2.46. The van der Waals surface area contributed by atoms with Crippen LogP contribution in [0.4, 0.5) is 0 Å². The van der Waals surface area contributed by atoms with Crippen molar-refractivity contribution < 1.29 is 4.92 Å². The lowest BCUT2D eigenvalue weighted by Crippen LogP contribution is -1.96. The number of halogens is 2. The van der Waals surface area contributed by atoms with Gasteiger partial charge in [0.2, 0.25) is 5.70 Å². The van der Waals surface area contributed by atoms with E-state index in [1.54, 1.807) is 25.1 Å². The molecule has 0 aliphatic rings. The molecule has 15 heavy (non-hydrogen) atoms. The van der Waals surface area contributed by atoms with Gasteiger partial charge in [0.1, 0.15) is 0 Å². The molecule has 80 valence electrons. The van der Waals surface area contributed by atoms with Crippen LogP contribution >= 0.6 is 23.2 Å². The van der Waals surface area contributed by atoms with Gasteiger partial charge in [0.25, 0.3) is 0 Å². The SMILES string of the molecule is CC/C(=C/c1cc(Cl)ccc1Cl)[N+](=O)[O-]. The normalized spacial score (nSPS) is 11.5. The van der Waals surface area contributed by atoms with Crippen molar-refractivity contribution in [3.8, 4) is 0 Å². The number of benzene rings is 1. The lowest BCUT2D eigenvalue weighted by Gasteiger charge is -1.99. The van der Waals surface area contributed by atoms with E-state index in [-0.39, 0.29) is 5.70 Å². The molecule has 0 saturated heterocycles. The van der Waals surface area contributed by atoms with Crippen LogP contribution in [0, 0.1) is 10.1 Å². The van der Waals surface area contributed by atoms with E-state index in [0.717, 1.165) is 0 Å². The van der Waals surface area contributed by atoms with Gasteiger partial charge in [-0.25, -0.2) is 0 Å². The van der Waals surface area contributed by atoms with Crippen LogP contribution in [-0.4, -0.2) is 4.92 Å². The molecule has 0 saturated carbocycles. The first kappa shape index (κ1) is 12.0. The molecule has 1 rings (SSSR count). The van der Waals surface area contributed by atoms with Gasteiger partial charge in [-0.2, -0.15) is 0 Å². The van der Waals surface area contributed by atoms with Crippen LogP contribution in [0.1, 0.15) is 18.9 Å². The van der Waals surface area contributed by atoms with E-state index in [1.807, 2.05) is 0 Å². The maximum Gasteiger partial charge on any atom is 0.246 e. The van der Waals surface area contributed by atoms with Crippen molar-refractivity contribution in [3.63, 3.8) is 0 Å². The summed E-state index contributed by atoms with van der Waals surface area (Å²) in [6, 6.07) is 4.85. The molecule has 0 fully saturated rings. The van der Waals surface area contributed by atoms with E-state index in [0.29, 0.717) is 22.0 Å². The molecule has 0 amide bonds. The van der Waals surface area contributed by atoms with Crippen molar-refractivity contribution >= 4 is 29.3 Å². The summed E-state index contributed by atoms with van der Waals surface area (Å²) in [5.41, 5.74) is 0.678. The minimum atomic E-state index is -0.419. The number of hydrogen-bond donors (Lipinski definition) is 0. The van der Waals surface area contributed by atoms with Crippen LogP contribution in [0.5, 0.6) is 0 Å². The Hall–Kier alpha value is -1.06. The molecule has 0 aromatic heterocycles. The van der Waals surface area contributed by atoms with E-state index in [9.17, 15) is 10.1 Å². The molecule has 3 nitrogen and oxygen atoms in total. The van der Waals surface area contributed by atoms with Crippen LogP contribution in [0.15, 0.2) is 23.9 Å². The molecule has 0 aliphatic heterocycles. The summed E-state index contributed by atoms with van der Waals surface area (Å²) in [6.45, 7) is 1.72. The molecule has 0 radical (unpaired) electrons. The van der Waals surface area contributed by atoms with E-state index >= 15 is 0 Å². The minimum Gasteiger partial charge on any atom is -0.259 e. The van der Waals surface area contributed by atoms with Gasteiger partial charge >= 0.3 is 0 Å². The van der Waals surface area contributed by atoms with Crippen molar-refractivity contribution in [1.29, 1.82) is 0 Å². The van der Waals surface area contributed by atoms with Crippen molar-refractivity contribution in [2.45, 2.75) is 13.3 Å². The zero-order valence-corrected chi connectivity index (χ0v) is 9.55. The first-order chi connectivity index (χ1) is 7.04. The Morgan fingerprint density at radius 1 is 1.53 bits per heavy atom. The molecular weight excluding hydrogens is 237 g/mol. The maximum absolute atomic E-state index is 10.6. The second-order valence-electron chi connectivity index (χ2n) is 2.91. The first-order valence-corrected chi connectivity index (χ1v) is 5.10. The average Bonchev–Trinajstić information content (AvgIpc) is 2.18. The van der Waals surface area contributed by atoms with Gasteiger partial charge in [-0.05, 0) is 18.2 Å². The van der Waals surface area contributed by atoms with Gasteiger partial charge in [-0.1, -0.05) is 30.1 Å². The smallest absolute Gasteiger partial charge is 0.246 e. The van der Waals surface area contributed by atoms with E-state index < -0.39 is 4.92 Å². The van der Waals surface area contributed by atoms with Gasteiger partial charge in [0.05, 0.1) is 4.92 Å². The molecular formula is C10H9Cl2NO2. The van der Waals surface area contributed by atoms with Gasteiger partial charge in [0.15, 0.2) is 0 Å². The van der Waals surface area contributed by atoms with Crippen LogP contribution in [0.3, 0.4) is 0 Å². The number of rotatable bonds is 3. The summed E-state index contributed by atoms with van der Waals surface area (Å²) >= 11 is 11.6. The predicted molar refractivity (Wildman–Crippen MR) is 61.7 cm³/mol. The second-order valence-corrected chi connectivity index (χ2v) is 3.76. The molecule has 0 heterocycles. The topological polar surface area (TPSA) is 43.1 Å². The second kappa shape index (κ2) is 5.14. The van der Waals surface area contributed by atoms with Gasteiger partial charge in [-0.15, -0.1) is 0 Å². The molecule has 0 unspecified atom stereocenters. The summed E-state index contributed by atoms with van der Waals surface area (Å²) < 4.78 is 0. The monoisotopic (exact) mass is 245 g/mol. The quantitative estimate of drug-likeness (QED) is 0.597. The highest BCUT2D eigenvalue weighted by Gasteiger charge is 2.09. The van der Waals surface area contributed by atoms with Gasteiger partial charge in [-0.3, -0.25) is 10.1 Å². The minimum absolute atomic E-state index is 0.110. The molecule has 0 atom stereocenters. The van der Waals surface area contributed by atoms with Crippen molar-refractivity contribution in [2.24, 2.45) is 0 Å². The Morgan fingerprint density at radius 2 is 2.20 bits per heavy atom. The fourth-order valence-corrected chi connectivity index (χ4v) is 1.44. The molecule has 0 aliphatic carbocycles. The third-order valence-electron chi connectivity index (χ3n) is 1.88. The summed E-state index contributed by atoms with van der Waals surface area (Å²) in [4.78, 5) is 10.2. The molecule has 1 aromatic rings. The average molecular weight is 246 g/mol. The Bertz CT molecular complexity index is 416. The summed E-state index contributed by atoms with van der Waals surface area (Å²) in [5.74, 6) is 0. The predicted octanol–water partition coefficient (Wildman–Crippen LogP) is 4.02. The van der Waals surface area contributed by atoms with Crippen molar-refractivity contribution in [2.75, 3.05) is 0 Å².